The molecule has 0 aliphatic heterocycles. The van der Waals surface area contributed by atoms with Gasteiger partial charge in [-0.05, 0) is 18.6 Å². The minimum atomic E-state index is 0. The Labute approximate surface area is 169 Å². The van der Waals surface area contributed by atoms with Crippen molar-refractivity contribution >= 4 is 52.2 Å². The van der Waals surface area contributed by atoms with Crippen LogP contribution in [0.25, 0.3) is 11.0 Å². The molecule has 0 radical (unpaired) electrons. The summed E-state index contributed by atoms with van der Waals surface area (Å²) >= 11 is 1.74. The molecule has 0 atom stereocenters. The molecular formula is C18H23IN4OS. The van der Waals surface area contributed by atoms with Crippen LogP contribution < -0.4 is 5.32 Å². The van der Waals surface area contributed by atoms with E-state index < -0.39 is 0 Å². The quantitative estimate of drug-likeness (QED) is 0.344. The first-order valence-corrected chi connectivity index (χ1v) is 8.84. The lowest BCUT2D eigenvalue weighted by atomic mass is 10.2. The van der Waals surface area contributed by atoms with Crippen LogP contribution in [0.5, 0.6) is 0 Å². The summed E-state index contributed by atoms with van der Waals surface area (Å²) in [7, 11) is 3.79. The van der Waals surface area contributed by atoms with Gasteiger partial charge in [0.1, 0.15) is 16.4 Å². The van der Waals surface area contributed by atoms with Crippen molar-refractivity contribution < 1.29 is 4.42 Å². The molecule has 0 saturated carbocycles. The van der Waals surface area contributed by atoms with Crippen molar-refractivity contribution in [1.82, 2.24) is 15.2 Å². The van der Waals surface area contributed by atoms with Crippen LogP contribution in [0, 0.1) is 0 Å². The van der Waals surface area contributed by atoms with Crippen molar-refractivity contribution in [3.05, 3.63) is 52.2 Å². The van der Waals surface area contributed by atoms with Crippen molar-refractivity contribution in [2.45, 2.75) is 26.4 Å². The van der Waals surface area contributed by atoms with E-state index in [1.54, 1.807) is 18.4 Å². The molecule has 7 heteroatoms. The summed E-state index contributed by atoms with van der Waals surface area (Å²) in [5.74, 6) is 1.74. The van der Waals surface area contributed by atoms with Crippen LogP contribution in [-0.2, 0) is 19.5 Å². The first kappa shape index (κ1) is 19.7. The maximum absolute atomic E-state index is 5.88. The molecule has 134 valence electrons. The minimum Gasteiger partial charge on any atom is -0.459 e. The third kappa shape index (κ3) is 4.94. The van der Waals surface area contributed by atoms with Gasteiger partial charge in [0.05, 0.1) is 13.1 Å². The molecule has 1 aromatic carbocycles. The van der Waals surface area contributed by atoms with Crippen LogP contribution in [0.4, 0.5) is 0 Å². The molecule has 0 saturated heterocycles. The average molecular weight is 470 g/mol. The fourth-order valence-corrected chi connectivity index (χ4v) is 3.36. The second-order valence-electron chi connectivity index (χ2n) is 5.58. The first-order valence-electron chi connectivity index (χ1n) is 8.02. The van der Waals surface area contributed by atoms with Crippen molar-refractivity contribution in [2.75, 3.05) is 14.1 Å². The average Bonchev–Trinajstić information content (AvgIpc) is 3.21. The zero-order chi connectivity index (χ0) is 16.9. The molecule has 0 aliphatic carbocycles. The molecule has 0 spiro atoms. The van der Waals surface area contributed by atoms with Gasteiger partial charge < -0.3 is 14.6 Å². The van der Waals surface area contributed by atoms with E-state index in [4.69, 9.17) is 4.42 Å². The number of fused-ring (bicyclic) bond motifs is 1. The van der Waals surface area contributed by atoms with E-state index in [1.807, 2.05) is 36.3 Å². The van der Waals surface area contributed by atoms with Gasteiger partial charge in [-0.2, -0.15) is 0 Å². The van der Waals surface area contributed by atoms with Crippen LogP contribution in [0.2, 0.25) is 0 Å². The second-order valence-corrected chi connectivity index (χ2v) is 6.78. The van der Waals surface area contributed by atoms with Gasteiger partial charge in [0, 0.05) is 30.6 Å². The van der Waals surface area contributed by atoms with Crippen molar-refractivity contribution in [3.63, 3.8) is 0 Å². The highest BCUT2D eigenvalue weighted by Crippen LogP contribution is 2.19. The first-order chi connectivity index (χ1) is 11.7. The lowest BCUT2D eigenvalue weighted by molar-refractivity contribution is 0.412. The molecule has 5 nitrogen and oxygen atoms in total. The Hall–Kier alpha value is -1.61. The van der Waals surface area contributed by atoms with Gasteiger partial charge in [-0.25, -0.2) is 4.98 Å². The van der Waals surface area contributed by atoms with E-state index in [-0.39, 0.29) is 24.0 Å². The molecule has 3 rings (SSSR count). The fourth-order valence-electron chi connectivity index (χ4n) is 2.56. The van der Waals surface area contributed by atoms with Gasteiger partial charge in [0.25, 0.3) is 0 Å². The maximum atomic E-state index is 5.88. The predicted octanol–water partition coefficient (Wildman–Crippen LogP) is 4.28. The van der Waals surface area contributed by atoms with E-state index in [1.165, 1.54) is 4.88 Å². The summed E-state index contributed by atoms with van der Waals surface area (Å²) in [5.41, 5.74) is 0.915. The van der Waals surface area contributed by atoms with Crippen molar-refractivity contribution in [3.8, 4) is 0 Å². The number of hydrogen-bond donors (Lipinski definition) is 1. The van der Waals surface area contributed by atoms with Crippen LogP contribution in [0.1, 0.15) is 22.6 Å². The number of nitrogens with zero attached hydrogens (tertiary/aromatic N) is 3. The summed E-state index contributed by atoms with van der Waals surface area (Å²) < 4.78 is 5.88. The Morgan fingerprint density at radius 1 is 1.36 bits per heavy atom. The third-order valence-corrected chi connectivity index (χ3v) is 4.93. The normalized spacial score (nSPS) is 11.4. The highest BCUT2D eigenvalue weighted by molar-refractivity contribution is 14.0. The smallest absolute Gasteiger partial charge is 0.194 e. The Morgan fingerprint density at radius 2 is 2.16 bits per heavy atom. The summed E-state index contributed by atoms with van der Waals surface area (Å²) in [6, 6.07) is 10.1. The summed E-state index contributed by atoms with van der Waals surface area (Å²) in [4.78, 5) is 12.1. The molecule has 1 N–H and O–H groups in total. The molecular weight excluding hydrogens is 447 g/mol. The van der Waals surface area contributed by atoms with Crippen LogP contribution in [-0.4, -0.2) is 29.9 Å². The molecule has 3 aromatic rings. The number of para-hydroxylation sites is 1. The van der Waals surface area contributed by atoms with Gasteiger partial charge in [-0.15, -0.1) is 35.3 Å². The fraction of sp³-hybridized carbons (Fsp3) is 0.333. The van der Waals surface area contributed by atoms with E-state index in [0.29, 0.717) is 13.1 Å². The van der Waals surface area contributed by atoms with E-state index in [2.05, 4.69) is 34.3 Å². The van der Waals surface area contributed by atoms with Crippen molar-refractivity contribution in [2.24, 2.45) is 4.99 Å². The van der Waals surface area contributed by atoms with E-state index in [9.17, 15) is 0 Å². The number of nitrogens with one attached hydrogen (secondary N) is 1. The monoisotopic (exact) mass is 470 g/mol. The van der Waals surface area contributed by atoms with E-state index >= 15 is 0 Å². The molecule has 0 fully saturated rings. The molecule has 25 heavy (non-hydrogen) atoms. The number of aliphatic imine (C=N–C) groups is 1. The number of halogens is 1. The van der Waals surface area contributed by atoms with Crippen LogP contribution in [0.3, 0.4) is 0 Å². The summed E-state index contributed by atoms with van der Waals surface area (Å²) in [6.07, 6.45) is 2.97. The lowest BCUT2D eigenvalue weighted by Crippen LogP contribution is -2.37. The van der Waals surface area contributed by atoms with E-state index in [0.717, 1.165) is 34.1 Å². The minimum absolute atomic E-state index is 0. The predicted molar refractivity (Wildman–Crippen MR) is 115 cm³/mol. The Kier molecular flexibility index (Phi) is 7.24. The van der Waals surface area contributed by atoms with Crippen LogP contribution in [0.15, 0.2) is 45.9 Å². The Bertz CT molecular complexity index is 809. The van der Waals surface area contributed by atoms with Gasteiger partial charge >= 0.3 is 0 Å². The SMILES string of the molecule is CCc1cnc(CNC(=NC)N(C)Cc2cc3ccccc3o2)s1.I. The highest BCUT2D eigenvalue weighted by Gasteiger charge is 2.11. The standard InChI is InChI=1S/C18H22N4OS.HI/c1-4-15-10-20-17(24-15)11-21-18(19-2)22(3)12-14-9-13-7-5-6-8-16(13)23-14;/h5-10H,4,11-12H2,1-3H3,(H,19,21);1H. The largest absolute Gasteiger partial charge is 0.459 e. The number of rotatable bonds is 5. The third-order valence-electron chi connectivity index (χ3n) is 3.79. The van der Waals surface area contributed by atoms with Gasteiger partial charge in [0.2, 0.25) is 0 Å². The number of thiazole rings is 1. The second kappa shape index (κ2) is 9.19. The summed E-state index contributed by atoms with van der Waals surface area (Å²) in [6.45, 7) is 3.49. The molecule has 2 heterocycles. The molecule has 0 unspecified atom stereocenters. The number of hydrogen-bond acceptors (Lipinski definition) is 4. The van der Waals surface area contributed by atoms with Gasteiger partial charge in [-0.1, -0.05) is 25.1 Å². The van der Waals surface area contributed by atoms with Crippen molar-refractivity contribution in [1.29, 1.82) is 0 Å². The van der Waals surface area contributed by atoms with Gasteiger partial charge in [-0.3, -0.25) is 4.99 Å². The lowest BCUT2D eigenvalue weighted by Gasteiger charge is -2.20. The number of aromatic nitrogens is 1. The number of benzene rings is 1. The summed E-state index contributed by atoms with van der Waals surface area (Å²) in [5, 5.41) is 5.56. The van der Waals surface area contributed by atoms with Crippen LogP contribution >= 0.6 is 35.3 Å². The van der Waals surface area contributed by atoms with Gasteiger partial charge in [0.15, 0.2) is 5.96 Å². The Morgan fingerprint density at radius 3 is 2.84 bits per heavy atom. The topological polar surface area (TPSA) is 53.7 Å². The number of aryl methyl sites for hydroxylation is 1. The highest BCUT2D eigenvalue weighted by atomic mass is 127. The number of guanidine groups is 1. The zero-order valence-electron chi connectivity index (χ0n) is 14.7. The Balaban J connectivity index is 0.00000225. The molecule has 0 bridgehead atoms. The zero-order valence-corrected chi connectivity index (χ0v) is 17.8. The maximum Gasteiger partial charge on any atom is 0.194 e. The molecule has 0 amide bonds. The molecule has 2 aromatic heterocycles. The molecule has 0 aliphatic rings. The number of furan rings is 1.